The lowest BCUT2D eigenvalue weighted by molar-refractivity contribution is -0.422. The van der Waals surface area contributed by atoms with Crippen LogP contribution >= 0.6 is 0 Å². The molecule has 0 spiro atoms. The largest absolute Gasteiger partial charge is 0.259 e. The standard InChI is InChI=1S/C9H6F3NO2/c1-5(13(14)15)2-6-3-7(10)9(12)8(11)4-6/h2-4H,1H3. The molecule has 0 atom stereocenters. The molecule has 1 aromatic carbocycles. The maximum Gasteiger partial charge on any atom is 0.243 e. The fraction of sp³-hybridized carbons (Fsp3) is 0.111. The van der Waals surface area contributed by atoms with Crippen LogP contribution in [0, 0.1) is 27.6 Å². The fourth-order valence-electron chi connectivity index (χ4n) is 0.952. The number of benzene rings is 1. The van der Waals surface area contributed by atoms with Crippen LogP contribution in [-0.4, -0.2) is 4.92 Å². The lowest BCUT2D eigenvalue weighted by Crippen LogP contribution is -1.95. The first-order chi connectivity index (χ1) is 6.91. The Kier molecular flexibility index (Phi) is 3.08. The van der Waals surface area contributed by atoms with Crippen molar-refractivity contribution in [1.82, 2.24) is 0 Å². The van der Waals surface area contributed by atoms with E-state index in [1.165, 1.54) is 6.92 Å². The first-order valence-electron chi connectivity index (χ1n) is 3.89. The van der Waals surface area contributed by atoms with Crippen LogP contribution in [0.5, 0.6) is 0 Å². The Morgan fingerprint density at radius 2 is 1.80 bits per heavy atom. The molecule has 3 nitrogen and oxygen atoms in total. The molecule has 0 aliphatic heterocycles. The van der Waals surface area contributed by atoms with Gasteiger partial charge in [0.2, 0.25) is 5.70 Å². The highest BCUT2D eigenvalue weighted by Crippen LogP contribution is 2.15. The van der Waals surface area contributed by atoms with Gasteiger partial charge < -0.3 is 0 Å². The second-order valence-electron chi connectivity index (χ2n) is 2.84. The van der Waals surface area contributed by atoms with Gasteiger partial charge in [-0.1, -0.05) is 0 Å². The summed E-state index contributed by atoms with van der Waals surface area (Å²) in [6.07, 6.45) is 0.950. The Morgan fingerprint density at radius 1 is 1.33 bits per heavy atom. The van der Waals surface area contributed by atoms with Crippen molar-refractivity contribution in [1.29, 1.82) is 0 Å². The Morgan fingerprint density at radius 3 is 2.20 bits per heavy atom. The summed E-state index contributed by atoms with van der Waals surface area (Å²) in [7, 11) is 0. The molecule has 0 N–H and O–H groups in total. The minimum absolute atomic E-state index is 0.0967. The van der Waals surface area contributed by atoms with Crippen LogP contribution < -0.4 is 0 Å². The lowest BCUT2D eigenvalue weighted by atomic mass is 10.2. The Bertz CT molecular complexity index is 420. The number of nitro groups is 1. The van der Waals surface area contributed by atoms with Crippen LogP contribution in [0.15, 0.2) is 17.8 Å². The zero-order valence-electron chi connectivity index (χ0n) is 7.63. The number of halogens is 3. The van der Waals surface area contributed by atoms with Crippen molar-refractivity contribution in [2.24, 2.45) is 0 Å². The molecule has 15 heavy (non-hydrogen) atoms. The Balaban J connectivity index is 3.18. The summed E-state index contributed by atoms with van der Waals surface area (Å²) in [5, 5.41) is 10.2. The quantitative estimate of drug-likeness (QED) is 0.434. The molecule has 0 heterocycles. The molecular weight excluding hydrogens is 211 g/mol. The molecule has 6 heteroatoms. The molecular formula is C9H6F3NO2. The van der Waals surface area contributed by atoms with E-state index in [0.717, 1.165) is 6.08 Å². The van der Waals surface area contributed by atoms with E-state index in [1.807, 2.05) is 0 Å². The summed E-state index contributed by atoms with van der Waals surface area (Å²) in [6.45, 7) is 1.17. The van der Waals surface area contributed by atoms with Crippen molar-refractivity contribution in [3.05, 3.63) is 51.0 Å². The van der Waals surface area contributed by atoms with Gasteiger partial charge in [-0.05, 0) is 17.7 Å². The highest BCUT2D eigenvalue weighted by molar-refractivity contribution is 5.50. The monoisotopic (exact) mass is 217 g/mol. The maximum absolute atomic E-state index is 12.7. The first-order valence-corrected chi connectivity index (χ1v) is 3.89. The molecule has 1 rings (SSSR count). The van der Waals surface area contributed by atoms with Gasteiger partial charge >= 0.3 is 0 Å². The van der Waals surface area contributed by atoms with Crippen LogP contribution in [0.4, 0.5) is 13.2 Å². The molecule has 1 aromatic rings. The van der Waals surface area contributed by atoms with Crippen molar-refractivity contribution in [3.63, 3.8) is 0 Å². The smallest absolute Gasteiger partial charge is 0.243 e. The lowest BCUT2D eigenvalue weighted by Gasteiger charge is -1.97. The van der Waals surface area contributed by atoms with Crippen LogP contribution in [-0.2, 0) is 0 Å². The van der Waals surface area contributed by atoms with Crippen LogP contribution in [0.25, 0.3) is 6.08 Å². The summed E-state index contributed by atoms with van der Waals surface area (Å²) >= 11 is 0. The SMILES string of the molecule is CC(=Cc1cc(F)c(F)c(F)c1)[N+](=O)[O-]. The molecule has 0 radical (unpaired) electrons. The van der Waals surface area contributed by atoms with Crippen molar-refractivity contribution >= 4 is 6.08 Å². The topological polar surface area (TPSA) is 43.1 Å². The molecule has 0 fully saturated rings. The van der Waals surface area contributed by atoms with E-state index < -0.39 is 22.4 Å². The molecule has 0 saturated carbocycles. The van der Waals surface area contributed by atoms with Crippen LogP contribution in [0.3, 0.4) is 0 Å². The van der Waals surface area contributed by atoms with Crippen molar-refractivity contribution in [2.45, 2.75) is 6.92 Å². The normalized spacial score (nSPS) is 11.6. The third-order valence-electron chi connectivity index (χ3n) is 1.67. The summed E-state index contributed by atoms with van der Waals surface area (Å²) in [5.74, 6) is -4.35. The van der Waals surface area contributed by atoms with E-state index in [-0.39, 0.29) is 11.3 Å². The van der Waals surface area contributed by atoms with Gasteiger partial charge in [-0.25, -0.2) is 13.2 Å². The second-order valence-corrected chi connectivity index (χ2v) is 2.84. The molecule has 0 bridgehead atoms. The van der Waals surface area contributed by atoms with Gasteiger partial charge in [-0.15, -0.1) is 0 Å². The van der Waals surface area contributed by atoms with Gasteiger partial charge in [0.1, 0.15) is 0 Å². The van der Waals surface area contributed by atoms with Crippen molar-refractivity contribution in [2.75, 3.05) is 0 Å². The van der Waals surface area contributed by atoms with Crippen molar-refractivity contribution in [3.8, 4) is 0 Å². The molecule has 0 aliphatic rings. The number of nitrogens with zero attached hydrogens (tertiary/aromatic N) is 1. The minimum Gasteiger partial charge on any atom is -0.259 e. The van der Waals surface area contributed by atoms with Crippen molar-refractivity contribution < 1.29 is 18.1 Å². The average molecular weight is 217 g/mol. The van der Waals surface area contributed by atoms with Gasteiger partial charge in [0.15, 0.2) is 17.5 Å². The molecule has 0 aliphatic carbocycles. The number of rotatable bonds is 2. The summed E-state index contributed by atoms with van der Waals surface area (Å²) < 4.78 is 37.9. The Labute approximate surface area is 83.0 Å². The van der Waals surface area contributed by atoms with Gasteiger partial charge in [0, 0.05) is 13.0 Å². The Hall–Kier alpha value is -1.85. The zero-order valence-corrected chi connectivity index (χ0v) is 7.63. The fourth-order valence-corrected chi connectivity index (χ4v) is 0.952. The summed E-state index contributed by atoms with van der Waals surface area (Å²) in [6, 6.07) is 1.37. The number of allylic oxidation sites excluding steroid dienone is 1. The highest BCUT2D eigenvalue weighted by atomic mass is 19.2. The zero-order chi connectivity index (χ0) is 11.6. The predicted octanol–water partition coefficient (Wildman–Crippen LogP) is 2.74. The molecule has 80 valence electrons. The third kappa shape index (κ3) is 2.55. The maximum atomic E-state index is 12.7. The van der Waals surface area contributed by atoms with Crippen LogP contribution in [0.2, 0.25) is 0 Å². The second kappa shape index (κ2) is 4.12. The number of hydrogen-bond donors (Lipinski definition) is 0. The molecule has 0 aromatic heterocycles. The minimum atomic E-state index is -1.59. The van der Waals surface area contributed by atoms with Gasteiger partial charge in [0.25, 0.3) is 0 Å². The van der Waals surface area contributed by atoms with E-state index >= 15 is 0 Å². The highest BCUT2D eigenvalue weighted by Gasteiger charge is 2.11. The van der Waals surface area contributed by atoms with E-state index in [0.29, 0.717) is 12.1 Å². The molecule has 0 unspecified atom stereocenters. The summed E-state index contributed by atoms with van der Waals surface area (Å²) in [4.78, 5) is 9.51. The first kappa shape index (κ1) is 11.2. The van der Waals surface area contributed by atoms with Crippen LogP contribution in [0.1, 0.15) is 12.5 Å². The average Bonchev–Trinajstić information content (AvgIpc) is 2.13. The van der Waals surface area contributed by atoms with E-state index in [1.54, 1.807) is 0 Å². The van der Waals surface area contributed by atoms with Gasteiger partial charge in [-0.3, -0.25) is 10.1 Å². The predicted molar refractivity (Wildman–Crippen MR) is 47.0 cm³/mol. The van der Waals surface area contributed by atoms with E-state index in [2.05, 4.69) is 0 Å². The molecule has 0 amide bonds. The van der Waals surface area contributed by atoms with Gasteiger partial charge in [-0.2, -0.15) is 0 Å². The third-order valence-corrected chi connectivity index (χ3v) is 1.67. The van der Waals surface area contributed by atoms with Gasteiger partial charge in [0.05, 0.1) is 4.92 Å². The molecule has 0 saturated heterocycles. The van der Waals surface area contributed by atoms with E-state index in [9.17, 15) is 23.3 Å². The summed E-state index contributed by atoms with van der Waals surface area (Å²) in [5.41, 5.74) is -0.388. The number of hydrogen-bond acceptors (Lipinski definition) is 2. The van der Waals surface area contributed by atoms with E-state index in [4.69, 9.17) is 0 Å².